The van der Waals surface area contributed by atoms with Gasteiger partial charge in [-0.05, 0) is 17.7 Å². The van der Waals surface area contributed by atoms with E-state index in [1.165, 1.54) is 0 Å². The van der Waals surface area contributed by atoms with E-state index in [2.05, 4.69) is 12.6 Å². The Bertz CT molecular complexity index is 344. The smallest absolute Gasteiger partial charge is 0.102 e. The highest BCUT2D eigenvalue weighted by Crippen LogP contribution is 2.15. The Kier molecular flexibility index (Phi) is 9.65. The minimum Gasteiger partial charge on any atom is -0.394 e. The Labute approximate surface area is 124 Å². The molecule has 0 spiro atoms. The van der Waals surface area contributed by atoms with Crippen LogP contribution in [0.5, 0.6) is 0 Å². The Morgan fingerprint density at radius 3 is 2.05 bits per heavy atom. The third-order valence-corrected chi connectivity index (χ3v) is 2.83. The lowest BCUT2D eigenvalue weighted by atomic mass is 10.1. The maximum absolute atomic E-state index is 9.88. The van der Waals surface area contributed by atoms with E-state index in [9.17, 15) is 5.11 Å². The van der Waals surface area contributed by atoms with Crippen LogP contribution in [-0.2, 0) is 14.2 Å². The monoisotopic (exact) mass is 302 g/mol. The molecule has 20 heavy (non-hydrogen) atoms. The molecule has 0 aliphatic carbocycles. The largest absolute Gasteiger partial charge is 0.394 e. The number of thiol groups is 1. The van der Waals surface area contributed by atoms with Gasteiger partial charge in [-0.15, -0.1) is 12.6 Å². The molecule has 1 atom stereocenters. The maximum atomic E-state index is 9.88. The van der Waals surface area contributed by atoms with Gasteiger partial charge >= 0.3 is 0 Å². The lowest BCUT2D eigenvalue weighted by Gasteiger charge is -2.12. The summed E-state index contributed by atoms with van der Waals surface area (Å²) >= 11 is 4.19. The zero-order valence-corrected chi connectivity index (χ0v) is 12.3. The van der Waals surface area contributed by atoms with Crippen LogP contribution in [0.25, 0.3) is 0 Å². The molecule has 6 heteroatoms. The van der Waals surface area contributed by atoms with Crippen LogP contribution in [0.4, 0.5) is 0 Å². The van der Waals surface area contributed by atoms with Crippen LogP contribution in [0.2, 0.25) is 0 Å². The Hall–Kier alpha value is -0.630. The van der Waals surface area contributed by atoms with Crippen molar-refractivity contribution in [1.82, 2.24) is 0 Å². The summed E-state index contributed by atoms with van der Waals surface area (Å²) in [5.74, 6) is 0. The molecular weight excluding hydrogens is 280 g/mol. The predicted molar refractivity (Wildman–Crippen MR) is 78.2 cm³/mol. The Balaban J connectivity index is 1.99. The highest BCUT2D eigenvalue weighted by molar-refractivity contribution is 7.80. The molecule has 5 nitrogen and oxygen atoms in total. The van der Waals surface area contributed by atoms with Gasteiger partial charge in [0.15, 0.2) is 0 Å². The maximum Gasteiger partial charge on any atom is 0.102 e. The molecule has 1 aromatic carbocycles. The second-order valence-corrected chi connectivity index (χ2v) is 4.65. The summed E-state index contributed by atoms with van der Waals surface area (Å²) in [5.41, 5.74) is 0.807. The third-order valence-electron chi connectivity index (χ3n) is 2.53. The van der Waals surface area contributed by atoms with Gasteiger partial charge in [0.25, 0.3) is 0 Å². The summed E-state index contributed by atoms with van der Waals surface area (Å²) in [6, 6.07) is 7.31. The molecule has 1 aromatic rings. The first-order valence-corrected chi connectivity index (χ1v) is 7.00. The third kappa shape index (κ3) is 7.84. The van der Waals surface area contributed by atoms with E-state index in [0.29, 0.717) is 33.0 Å². The molecule has 1 rings (SSSR count). The fraction of sp³-hybridized carbons (Fsp3) is 0.571. The van der Waals surface area contributed by atoms with E-state index in [0.717, 1.165) is 10.5 Å². The first-order valence-electron chi connectivity index (χ1n) is 6.55. The molecule has 2 N–H and O–H groups in total. The fourth-order valence-corrected chi connectivity index (χ4v) is 1.64. The van der Waals surface area contributed by atoms with E-state index >= 15 is 0 Å². The molecule has 0 saturated heterocycles. The van der Waals surface area contributed by atoms with E-state index in [1.54, 1.807) is 0 Å². The van der Waals surface area contributed by atoms with Crippen LogP contribution in [0.1, 0.15) is 11.7 Å². The molecule has 0 heterocycles. The van der Waals surface area contributed by atoms with Crippen molar-refractivity contribution >= 4 is 12.6 Å². The molecule has 0 bridgehead atoms. The molecule has 1 unspecified atom stereocenters. The number of aliphatic hydroxyl groups excluding tert-OH is 2. The number of aliphatic hydroxyl groups is 2. The molecule has 0 fully saturated rings. The summed E-state index contributed by atoms with van der Waals surface area (Å²) < 4.78 is 15.6. The summed E-state index contributed by atoms with van der Waals surface area (Å²) in [6.45, 7) is 2.38. The van der Waals surface area contributed by atoms with Crippen LogP contribution in [0.3, 0.4) is 0 Å². The zero-order chi connectivity index (χ0) is 14.6. The molecule has 0 aliphatic rings. The van der Waals surface area contributed by atoms with Crippen molar-refractivity contribution in [3.8, 4) is 0 Å². The molecule has 114 valence electrons. The number of rotatable bonds is 11. The van der Waals surface area contributed by atoms with Crippen molar-refractivity contribution in [1.29, 1.82) is 0 Å². The number of hydrogen-bond acceptors (Lipinski definition) is 6. The second-order valence-electron chi connectivity index (χ2n) is 4.13. The normalized spacial score (nSPS) is 12.6. The van der Waals surface area contributed by atoms with Crippen LogP contribution in [0, 0.1) is 0 Å². The summed E-state index contributed by atoms with van der Waals surface area (Å²) in [7, 11) is 0. The van der Waals surface area contributed by atoms with Crippen LogP contribution in [0.15, 0.2) is 29.2 Å². The molecule has 0 amide bonds. The van der Waals surface area contributed by atoms with Gasteiger partial charge in [-0.25, -0.2) is 0 Å². The topological polar surface area (TPSA) is 68.2 Å². The lowest BCUT2D eigenvalue weighted by molar-refractivity contribution is -0.0131. The minimum absolute atomic E-state index is 0.0230. The minimum atomic E-state index is -0.642. The molecule has 0 saturated carbocycles. The van der Waals surface area contributed by atoms with Gasteiger partial charge in [-0.2, -0.15) is 0 Å². The fourth-order valence-electron chi connectivity index (χ4n) is 1.49. The van der Waals surface area contributed by atoms with Crippen molar-refractivity contribution in [3.63, 3.8) is 0 Å². The zero-order valence-electron chi connectivity index (χ0n) is 11.4. The van der Waals surface area contributed by atoms with Crippen LogP contribution < -0.4 is 0 Å². The average Bonchev–Trinajstić information content (AvgIpc) is 2.46. The van der Waals surface area contributed by atoms with Gasteiger partial charge in [0, 0.05) is 4.90 Å². The van der Waals surface area contributed by atoms with E-state index in [4.69, 9.17) is 19.3 Å². The summed E-state index contributed by atoms with van der Waals surface area (Å²) in [4.78, 5) is 0.860. The van der Waals surface area contributed by atoms with Crippen LogP contribution in [-0.4, -0.2) is 56.5 Å². The predicted octanol–water partition coefficient (Wildman–Crippen LogP) is 1.05. The van der Waals surface area contributed by atoms with Gasteiger partial charge < -0.3 is 24.4 Å². The number of benzene rings is 1. The standard InChI is InChI=1S/C14H22O5S/c15-5-6-17-7-8-18-9-10-19-11-14(16)12-1-3-13(20)4-2-12/h1-4,14-16,20H,5-11H2. The van der Waals surface area contributed by atoms with Crippen molar-refractivity contribution in [2.24, 2.45) is 0 Å². The Morgan fingerprint density at radius 1 is 0.900 bits per heavy atom. The summed E-state index contributed by atoms with van der Waals surface area (Å²) in [6.07, 6.45) is -0.642. The van der Waals surface area contributed by atoms with Crippen LogP contribution >= 0.6 is 12.6 Å². The van der Waals surface area contributed by atoms with Crippen molar-refractivity contribution in [2.75, 3.05) is 46.2 Å². The first-order chi connectivity index (χ1) is 9.74. The SMILES string of the molecule is OCCOCCOCCOCC(O)c1ccc(S)cc1. The molecular formula is C14H22O5S. The van der Waals surface area contributed by atoms with Gasteiger partial charge in [0.1, 0.15) is 6.10 Å². The van der Waals surface area contributed by atoms with Crippen molar-refractivity contribution in [3.05, 3.63) is 29.8 Å². The highest BCUT2D eigenvalue weighted by Gasteiger charge is 2.06. The highest BCUT2D eigenvalue weighted by atomic mass is 32.1. The number of hydrogen-bond donors (Lipinski definition) is 3. The summed E-state index contributed by atoms with van der Waals surface area (Å²) in [5, 5.41) is 18.4. The van der Waals surface area contributed by atoms with Gasteiger partial charge in [0.05, 0.1) is 46.2 Å². The van der Waals surface area contributed by atoms with Crippen molar-refractivity contribution < 1.29 is 24.4 Å². The lowest BCUT2D eigenvalue weighted by Crippen LogP contribution is -2.13. The van der Waals surface area contributed by atoms with E-state index in [1.807, 2.05) is 24.3 Å². The van der Waals surface area contributed by atoms with E-state index in [-0.39, 0.29) is 13.2 Å². The average molecular weight is 302 g/mol. The van der Waals surface area contributed by atoms with Gasteiger partial charge in [-0.3, -0.25) is 0 Å². The van der Waals surface area contributed by atoms with Gasteiger partial charge in [0.2, 0.25) is 0 Å². The van der Waals surface area contributed by atoms with Gasteiger partial charge in [-0.1, -0.05) is 12.1 Å². The number of ether oxygens (including phenoxy) is 3. The molecule has 0 aromatic heterocycles. The quantitative estimate of drug-likeness (QED) is 0.421. The molecule has 0 aliphatic heterocycles. The Morgan fingerprint density at radius 2 is 1.45 bits per heavy atom. The first kappa shape index (κ1) is 17.4. The second kappa shape index (κ2) is 11.1. The van der Waals surface area contributed by atoms with E-state index < -0.39 is 6.10 Å². The van der Waals surface area contributed by atoms with Crippen molar-refractivity contribution in [2.45, 2.75) is 11.0 Å². The molecule has 0 radical (unpaired) electrons.